The van der Waals surface area contributed by atoms with Gasteiger partial charge in [-0.05, 0) is 287 Å². The van der Waals surface area contributed by atoms with Gasteiger partial charge < -0.3 is 35.1 Å². The number of benzene rings is 21. The van der Waals surface area contributed by atoms with Crippen molar-refractivity contribution >= 4 is 244 Å². The monoisotopic (exact) mass is 1800 g/mol. The number of nitrogens with one attached hydrogen (secondary N) is 3. The van der Waals surface area contributed by atoms with E-state index in [4.69, 9.17) is 4.42 Å². The SMILES string of the molecule is c1ccc(N(c2ccc3sc4ccc(-c5cccc(Nc6ccc7sc8ccccc8c7c6)c5)cc4c3c2)c2cccc3ccccc23)cc1.c1ccc(N(c2ccccc2)c2ccc(-c3ccc4sc5ccc(Nc6ccc7c(c6)oc6ccccc67)cc5c4c3)cc2)cc1.c1ccc(Nc2ccc3sc4ccc(-c5ccc(N(c6ccccc6)c6ccccc6)cc5)cc4c3c2)cc1. The average molecular weight is 1800 g/mol. The molecule has 0 spiro atoms. The van der Waals surface area contributed by atoms with Crippen LogP contribution in [0.5, 0.6) is 0 Å². The van der Waals surface area contributed by atoms with Gasteiger partial charge in [-0.1, -0.05) is 237 Å². The molecule has 7 nitrogen and oxygen atoms in total. The van der Waals surface area contributed by atoms with E-state index >= 15 is 0 Å². The third-order valence-corrected chi connectivity index (χ3v) is 29.8. The van der Waals surface area contributed by atoms with Gasteiger partial charge >= 0.3 is 0 Å². The summed E-state index contributed by atoms with van der Waals surface area (Å²) in [4.78, 5) is 6.97. The second kappa shape index (κ2) is 35.9. The first-order valence-electron chi connectivity index (χ1n) is 45.4. The summed E-state index contributed by atoms with van der Waals surface area (Å²) in [5.74, 6) is 0. The zero-order valence-electron chi connectivity index (χ0n) is 73.1. The highest BCUT2D eigenvalue weighted by Gasteiger charge is 2.22. The molecule has 0 amide bonds. The van der Waals surface area contributed by atoms with E-state index < -0.39 is 0 Å². The van der Waals surface area contributed by atoms with E-state index in [2.05, 4.69) is 504 Å². The summed E-state index contributed by atoms with van der Waals surface area (Å²) in [7, 11) is 0. The fourth-order valence-electron chi connectivity index (χ4n) is 18.8. The summed E-state index contributed by atoms with van der Waals surface area (Å²) in [6, 6.07) is 176. The highest BCUT2D eigenvalue weighted by molar-refractivity contribution is 7.27. The highest BCUT2D eigenvalue weighted by atomic mass is 32.1. The number of hydrogen-bond donors (Lipinski definition) is 3. The van der Waals surface area contributed by atoms with Crippen LogP contribution in [0.1, 0.15) is 0 Å². The molecule has 5 aromatic heterocycles. The molecular weight excluding hydrogens is 1720 g/mol. The van der Waals surface area contributed by atoms with Crippen LogP contribution < -0.4 is 30.7 Å². The van der Waals surface area contributed by atoms with Gasteiger partial charge in [0.2, 0.25) is 0 Å². The quantitative estimate of drug-likeness (QED) is 0.0791. The van der Waals surface area contributed by atoms with Gasteiger partial charge in [-0.3, -0.25) is 0 Å². The molecule has 3 N–H and O–H groups in total. The van der Waals surface area contributed by atoms with Gasteiger partial charge in [-0.25, -0.2) is 0 Å². The fourth-order valence-corrected chi connectivity index (χ4v) is 23.1. The summed E-state index contributed by atoms with van der Waals surface area (Å²) in [6.07, 6.45) is 0. The highest BCUT2D eigenvalue weighted by Crippen LogP contribution is 2.48. The fraction of sp³-hybridized carbons (Fsp3) is 0. The van der Waals surface area contributed by atoms with Crippen molar-refractivity contribution in [1.29, 1.82) is 0 Å². The third-order valence-electron chi connectivity index (χ3n) is 25.2. The van der Waals surface area contributed by atoms with Crippen LogP contribution in [0.3, 0.4) is 0 Å². The van der Waals surface area contributed by atoms with Crippen molar-refractivity contribution in [3.05, 3.63) is 491 Å². The number of thiophene rings is 4. The Hall–Kier alpha value is -16.6. The average Bonchev–Trinajstić information content (AvgIpc) is 1.66. The van der Waals surface area contributed by atoms with Gasteiger partial charge in [0.1, 0.15) is 11.2 Å². The molecular formula is C124H84N6OS4. The topological polar surface area (TPSA) is 59.0 Å². The summed E-state index contributed by atoms with van der Waals surface area (Å²) < 4.78 is 16.5. The Kier molecular flexibility index (Phi) is 21.7. The first-order chi connectivity index (χ1) is 66.8. The van der Waals surface area contributed by atoms with E-state index in [1.807, 2.05) is 63.5 Å². The summed E-state index contributed by atoms with van der Waals surface area (Å²) >= 11 is 7.39. The zero-order valence-corrected chi connectivity index (χ0v) is 76.4. The molecule has 21 aromatic carbocycles. The lowest BCUT2D eigenvalue weighted by Crippen LogP contribution is -2.10. The van der Waals surface area contributed by atoms with Gasteiger partial charge in [-0.2, -0.15) is 0 Å². The van der Waals surface area contributed by atoms with Crippen molar-refractivity contribution in [2.45, 2.75) is 0 Å². The van der Waals surface area contributed by atoms with Gasteiger partial charge in [0, 0.05) is 183 Å². The molecule has 0 saturated carbocycles. The molecule has 0 fully saturated rings. The molecule has 11 heteroatoms. The Morgan fingerprint density at radius 1 is 0.156 bits per heavy atom. The van der Waals surface area contributed by atoms with Crippen LogP contribution in [-0.2, 0) is 0 Å². The van der Waals surface area contributed by atoms with Crippen LogP contribution in [0, 0.1) is 0 Å². The minimum absolute atomic E-state index is 0.888. The van der Waals surface area contributed by atoms with Crippen molar-refractivity contribution in [2.24, 2.45) is 0 Å². The van der Waals surface area contributed by atoms with E-state index in [0.29, 0.717) is 0 Å². The first kappa shape index (κ1) is 81.6. The Morgan fingerprint density at radius 2 is 0.459 bits per heavy atom. The molecule has 135 heavy (non-hydrogen) atoms. The van der Waals surface area contributed by atoms with Crippen molar-refractivity contribution < 1.29 is 4.42 Å². The third kappa shape index (κ3) is 16.4. The lowest BCUT2D eigenvalue weighted by molar-refractivity contribution is 0.669. The minimum atomic E-state index is 0.888. The van der Waals surface area contributed by atoms with Crippen LogP contribution in [0.25, 0.3) is 147 Å². The molecule has 0 saturated heterocycles. The van der Waals surface area contributed by atoms with Crippen molar-refractivity contribution in [3.8, 4) is 33.4 Å². The normalized spacial score (nSPS) is 11.4. The number of anilines is 15. The maximum atomic E-state index is 6.13. The maximum absolute atomic E-state index is 6.13. The van der Waals surface area contributed by atoms with Gasteiger partial charge in [0.05, 0.1) is 5.69 Å². The number of rotatable bonds is 18. The predicted molar refractivity (Wildman–Crippen MR) is 585 cm³/mol. The van der Waals surface area contributed by atoms with Crippen LogP contribution in [0.4, 0.5) is 85.3 Å². The Balaban J connectivity index is 0.000000112. The number of fused-ring (bicyclic) bond motifs is 16. The van der Waals surface area contributed by atoms with Crippen LogP contribution in [0.2, 0.25) is 0 Å². The molecule has 26 aromatic rings. The van der Waals surface area contributed by atoms with Gasteiger partial charge in [0.25, 0.3) is 0 Å². The molecule has 0 aliphatic rings. The summed E-state index contributed by atoms with van der Waals surface area (Å²) in [5, 5.41) is 25.9. The van der Waals surface area contributed by atoms with Crippen molar-refractivity contribution in [1.82, 2.24) is 0 Å². The zero-order chi connectivity index (χ0) is 89.5. The van der Waals surface area contributed by atoms with Crippen LogP contribution in [0.15, 0.2) is 496 Å². The van der Waals surface area contributed by atoms with Crippen LogP contribution in [-0.4, -0.2) is 0 Å². The molecule has 0 bridgehead atoms. The van der Waals surface area contributed by atoms with Gasteiger partial charge in [0.15, 0.2) is 0 Å². The number of hydrogen-bond acceptors (Lipinski definition) is 11. The largest absolute Gasteiger partial charge is 0.456 e. The first-order valence-corrected chi connectivity index (χ1v) is 48.6. The lowest BCUT2D eigenvalue weighted by Gasteiger charge is -2.27. The Morgan fingerprint density at radius 3 is 0.963 bits per heavy atom. The van der Waals surface area contributed by atoms with Crippen molar-refractivity contribution in [2.75, 3.05) is 30.7 Å². The molecule has 640 valence electrons. The standard InChI is InChI=1S/C46H30N2S2.C42H28N2OS.C36H26N2S/c1-2-14-35(15-3-1)48(42-18-9-11-30-10-4-5-16-37(30)42)36-22-25-46-41(29-36)39-27-32(20-23-44(39)50-46)31-12-8-13-33(26-31)47-34-21-24-45-40(28-34)38-17-6-7-19-43(38)49-45;1-3-9-32(10-4-1)44(33-11-5-2-6-12-33)34-20-15-28(16-21-34)29-17-23-41-37(25-29)38-26-30(19-24-42(38)46-41)43-31-18-22-36-35-13-7-8-14-39(35)45-40(36)27-31;1-4-10-28(11-5-1)37-29-19-23-36-34(25-29)33-24-27(18-22-35(33)39-36)26-16-20-32(21-17-26)38(30-12-6-2-7-13-30)31-14-8-3-9-15-31/h1-29,47H;1-27,43H;1-25,37H. The van der Waals surface area contributed by atoms with E-state index in [1.54, 1.807) is 0 Å². The molecule has 0 radical (unpaired) electrons. The Labute approximate surface area is 797 Å². The molecule has 0 unspecified atom stereocenters. The summed E-state index contributed by atoms with van der Waals surface area (Å²) in [6.45, 7) is 0. The summed E-state index contributed by atoms with van der Waals surface area (Å²) in [5.41, 5.74) is 25.7. The second-order valence-electron chi connectivity index (χ2n) is 33.8. The van der Waals surface area contributed by atoms with E-state index in [1.165, 1.54) is 131 Å². The Bertz CT molecular complexity index is 8760. The second-order valence-corrected chi connectivity index (χ2v) is 38.1. The van der Waals surface area contributed by atoms with E-state index in [-0.39, 0.29) is 0 Å². The molecule has 26 rings (SSSR count). The molecule has 0 aliphatic carbocycles. The molecule has 5 heterocycles. The number of nitrogens with zero attached hydrogens (tertiary/aromatic N) is 3. The van der Waals surface area contributed by atoms with Gasteiger partial charge in [-0.15, -0.1) is 45.3 Å². The predicted octanol–water partition coefficient (Wildman–Crippen LogP) is 38.2. The van der Waals surface area contributed by atoms with E-state index in [0.717, 1.165) is 102 Å². The van der Waals surface area contributed by atoms with E-state index in [9.17, 15) is 0 Å². The van der Waals surface area contributed by atoms with Crippen LogP contribution >= 0.6 is 45.3 Å². The minimum Gasteiger partial charge on any atom is -0.456 e. The van der Waals surface area contributed by atoms with Crippen molar-refractivity contribution in [3.63, 3.8) is 0 Å². The smallest absolute Gasteiger partial charge is 0.137 e. The number of furan rings is 1. The number of para-hydroxylation sites is 7. The molecule has 0 aliphatic heterocycles. The lowest BCUT2D eigenvalue weighted by atomic mass is 10.0. The molecule has 0 atom stereocenters. The maximum Gasteiger partial charge on any atom is 0.137 e.